The summed E-state index contributed by atoms with van der Waals surface area (Å²) in [4.78, 5) is 0. The van der Waals surface area contributed by atoms with E-state index in [1.165, 1.54) is 50.1 Å². The number of benzene rings is 3. The van der Waals surface area contributed by atoms with Crippen LogP contribution in [0.15, 0.2) is 60.7 Å². The molecule has 0 saturated carbocycles. The fraction of sp³-hybridized carbons (Fsp3) is 0.231. The number of hydrogen-bond acceptors (Lipinski definition) is 0. The van der Waals surface area contributed by atoms with Crippen molar-refractivity contribution in [3.05, 3.63) is 94.0 Å². The molecule has 3 heteroatoms. The van der Waals surface area contributed by atoms with Gasteiger partial charge in [-0.15, -0.1) is 0 Å². The van der Waals surface area contributed by atoms with Crippen molar-refractivity contribution in [3.63, 3.8) is 0 Å². The van der Waals surface area contributed by atoms with Gasteiger partial charge in [-0.05, 0) is 0 Å². The van der Waals surface area contributed by atoms with Crippen LogP contribution >= 0.6 is 17.0 Å². The third kappa shape index (κ3) is 4.07. The summed E-state index contributed by atoms with van der Waals surface area (Å²) >= 11 is -2.60. The molecule has 3 aromatic rings. The molecule has 0 amide bonds. The predicted molar refractivity (Wildman–Crippen MR) is 124 cm³/mol. The van der Waals surface area contributed by atoms with E-state index in [4.69, 9.17) is 17.0 Å². The van der Waals surface area contributed by atoms with Gasteiger partial charge in [0, 0.05) is 0 Å². The Balaban J connectivity index is 2.02. The van der Waals surface area contributed by atoms with Crippen molar-refractivity contribution in [2.24, 2.45) is 0 Å². The molecular formula is C26H25Cl2Zr. The van der Waals surface area contributed by atoms with Crippen molar-refractivity contribution >= 4 is 28.7 Å². The van der Waals surface area contributed by atoms with Gasteiger partial charge in [-0.25, -0.2) is 0 Å². The number of halogens is 2. The molecule has 0 saturated heterocycles. The topological polar surface area (TPSA) is 0 Å². The Labute approximate surface area is 189 Å². The summed E-state index contributed by atoms with van der Waals surface area (Å²) in [7, 11) is 13.5. The van der Waals surface area contributed by atoms with E-state index >= 15 is 0 Å². The fourth-order valence-corrected chi connectivity index (χ4v) is 9.67. The van der Waals surface area contributed by atoms with Crippen LogP contribution in [-0.2, 0) is 19.4 Å². The zero-order valence-electron chi connectivity index (χ0n) is 17.3. The molecular weight excluding hydrogens is 474 g/mol. The van der Waals surface area contributed by atoms with Gasteiger partial charge >= 0.3 is 190 Å². The number of fused-ring (bicyclic) bond motifs is 1. The van der Waals surface area contributed by atoms with Gasteiger partial charge in [-0.2, -0.15) is 0 Å². The molecule has 1 unspecified atom stereocenters. The molecule has 0 spiro atoms. The van der Waals surface area contributed by atoms with Crippen molar-refractivity contribution in [2.75, 3.05) is 0 Å². The summed E-state index contributed by atoms with van der Waals surface area (Å²) in [5.41, 5.74) is 11.7. The number of allylic oxidation sites excluding steroid dienone is 1. The van der Waals surface area contributed by atoms with Crippen LogP contribution in [0.1, 0.15) is 56.8 Å². The molecule has 0 fully saturated rings. The van der Waals surface area contributed by atoms with Gasteiger partial charge in [0.15, 0.2) is 0 Å². The normalized spacial score (nSPS) is 15.4. The van der Waals surface area contributed by atoms with Crippen LogP contribution in [0.25, 0.3) is 22.8 Å². The van der Waals surface area contributed by atoms with E-state index in [9.17, 15) is 0 Å². The molecule has 0 heterocycles. The molecule has 0 bridgehead atoms. The Bertz CT molecular complexity index is 1060. The van der Waals surface area contributed by atoms with Crippen molar-refractivity contribution in [2.45, 2.75) is 37.2 Å². The van der Waals surface area contributed by atoms with Crippen LogP contribution in [-0.4, -0.2) is 0 Å². The van der Waals surface area contributed by atoms with Crippen molar-refractivity contribution < 1.29 is 19.4 Å². The maximum absolute atomic E-state index is 6.73. The quantitative estimate of drug-likeness (QED) is 0.337. The van der Waals surface area contributed by atoms with Crippen LogP contribution in [0, 0.1) is 13.8 Å². The van der Waals surface area contributed by atoms with E-state index < -0.39 is 19.4 Å². The molecule has 0 aliphatic heterocycles. The van der Waals surface area contributed by atoms with Crippen LogP contribution in [0.2, 0.25) is 0 Å². The molecule has 29 heavy (non-hydrogen) atoms. The number of hydrogen-bond donors (Lipinski definition) is 0. The second-order valence-electron chi connectivity index (χ2n) is 8.25. The van der Waals surface area contributed by atoms with E-state index in [1.54, 1.807) is 0 Å². The van der Waals surface area contributed by atoms with Crippen LogP contribution in [0.3, 0.4) is 0 Å². The summed E-state index contributed by atoms with van der Waals surface area (Å²) in [5.74, 6) is 0.439. The Hall–Kier alpha value is -1.14. The molecule has 1 aliphatic carbocycles. The molecule has 4 rings (SSSR count). The Kier molecular flexibility index (Phi) is 6.22. The van der Waals surface area contributed by atoms with Crippen molar-refractivity contribution in [1.82, 2.24) is 0 Å². The van der Waals surface area contributed by atoms with Gasteiger partial charge in [0.2, 0.25) is 0 Å². The van der Waals surface area contributed by atoms with Gasteiger partial charge < -0.3 is 0 Å². The third-order valence-corrected chi connectivity index (χ3v) is 10.9. The summed E-state index contributed by atoms with van der Waals surface area (Å²) < 4.78 is 0.170. The minimum atomic E-state index is -2.60. The van der Waals surface area contributed by atoms with Crippen LogP contribution in [0.5, 0.6) is 0 Å². The summed E-state index contributed by atoms with van der Waals surface area (Å²) in [6, 6.07) is 22.0. The minimum absolute atomic E-state index is 0.170. The van der Waals surface area contributed by atoms with E-state index in [2.05, 4.69) is 94.4 Å². The average Bonchev–Trinajstić information content (AvgIpc) is 3.06. The second-order valence-corrected chi connectivity index (χ2v) is 17.1. The van der Waals surface area contributed by atoms with Gasteiger partial charge in [-0.1, -0.05) is 0 Å². The van der Waals surface area contributed by atoms with E-state index in [-0.39, 0.29) is 3.63 Å². The predicted octanol–water partition coefficient (Wildman–Crippen LogP) is 8.61. The van der Waals surface area contributed by atoms with Crippen molar-refractivity contribution in [3.8, 4) is 11.1 Å². The van der Waals surface area contributed by atoms with Crippen LogP contribution in [0.4, 0.5) is 0 Å². The first-order valence-electron chi connectivity index (χ1n) is 10.1. The molecule has 3 aromatic carbocycles. The molecule has 1 aliphatic rings. The van der Waals surface area contributed by atoms with Crippen LogP contribution < -0.4 is 0 Å². The molecule has 0 N–H and O–H groups in total. The molecule has 0 aromatic heterocycles. The number of aryl methyl sites for hydroxylation is 2. The zero-order chi connectivity index (χ0) is 20.7. The third-order valence-electron chi connectivity index (χ3n) is 5.69. The van der Waals surface area contributed by atoms with E-state index in [0.717, 1.165) is 0 Å². The van der Waals surface area contributed by atoms with Gasteiger partial charge in [0.25, 0.3) is 0 Å². The van der Waals surface area contributed by atoms with Crippen molar-refractivity contribution in [1.29, 1.82) is 0 Å². The van der Waals surface area contributed by atoms with Gasteiger partial charge in [0.1, 0.15) is 0 Å². The molecule has 147 valence electrons. The first-order chi connectivity index (χ1) is 13.9. The standard InChI is InChI=1S/C26H25.2ClH.Zr/c1-17(2)24-11-10-21-15-22(20-8-6-5-7-9-20)16-25(21)26(24)23-13-18(3)12-19(4)14-23;;;/h5-17H,1-4H3;2*1H;/q;;;+2/p-2. The molecule has 0 nitrogen and oxygen atoms in total. The monoisotopic (exact) mass is 497 g/mol. The van der Waals surface area contributed by atoms with Gasteiger partial charge in [-0.3, -0.25) is 0 Å². The Morgan fingerprint density at radius 1 is 0.828 bits per heavy atom. The van der Waals surface area contributed by atoms with E-state index in [0.29, 0.717) is 5.92 Å². The summed E-state index contributed by atoms with van der Waals surface area (Å²) in [6.07, 6.45) is 2.36. The second kappa shape index (κ2) is 8.54. The average molecular weight is 500 g/mol. The molecule has 0 radical (unpaired) electrons. The summed E-state index contributed by atoms with van der Waals surface area (Å²) in [6.45, 7) is 8.89. The number of rotatable bonds is 4. The van der Waals surface area contributed by atoms with Gasteiger partial charge in [0.05, 0.1) is 0 Å². The Morgan fingerprint density at radius 2 is 1.48 bits per heavy atom. The fourth-order valence-electron chi connectivity index (χ4n) is 4.50. The SMILES string of the molecule is Cc1cc(C)cc(-c2c(C(C)C)ccc3c2C=C(c2ccccc2)[CH]3[Zr]([Cl])[Cl])c1. The zero-order valence-corrected chi connectivity index (χ0v) is 21.2. The molecule has 1 atom stereocenters. The maximum atomic E-state index is 6.73. The first-order valence-corrected chi connectivity index (χ1v) is 17.8. The summed E-state index contributed by atoms with van der Waals surface area (Å²) in [5, 5.41) is 0. The van der Waals surface area contributed by atoms with E-state index in [1.807, 2.05) is 0 Å². The first kappa shape index (κ1) is 21.1. The Morgan fingerprint density at radius 3 is 2.07 bits per heavy atom.